The van der Waals surface area contributed by atoms with Crippen molar-refractivity contribution in [1.82, 2.24) is 0 Å². The fraction of sp³-hybridized carbons (Fsp3) is 0.424. The Morgan fingerprint density at radius 3 is 1.78 bits per heavy atom. The zero-order chi connectivity index (χ0) is 24.8. The molecule has 8 rings (SSSR count). The molecule has 0 atom stereocenters. The molecule has 5 aliphatic rings. The summed E-state index contributed by atoms with van der Waals surface area (Å²) in [5, 5.41) is 0. The first-order chi connectivity index (χ1) is 18.1. The molecule has 3 aromatic rings. The lowest BCUT2D eigenvalue weighted by Gasteiger charge is -2.55. The van der Waals surface area contributed by atoms with Crippen LogP contribution >= 0.6 is 0 Å². The van der Waals surface area contributed by atoms with Gasteiger partial charge in [-0.1, -0.05) is 18.2 Å². The predicted octanol–water partition coefficient (Wildman–Crippen LogP) is 8.05. The van der Waals surface area contributed by atoms with Crippen molar-refractivity contribution in [1.29, 1.82) is 0 Å². The third-order valence-electron chi connectivity index (χ3n) is 9.25. The fourth-order valence-electron chi connectivity index (χ4n) is 7.94. The summed E-state index contributed by atoms with van der Waals surface area (Å²) in [6.07, 6.45) is 9.83. The highest BCUT2D eigenvalue weighted by atomic mass is 32.2. The highest BCUT2D eigenvalue weighted by Gasteiger charge is 2.55. The highest BCUT2D eigenvalue weighted by Crippen LogP contribution is 2.60. The minimum atomic E-state index is -0.231. The molecule has 5 fully saturated rings. The molecule has 4 saturated carbocycles. The Kier molecular flexibility index (Phi) is 6.04. The Morgan fingerprint density at radius 2 is 1.22 bits per heavy atom. The van der Waals surface area contributed by atoms with Crippen LogP contribution in [0.1, 0.15) is 51.4 Å². The van der Waals surface area contributed by atoms with Crippen molar-refractivity contribution in [2.75, 3.05) is 16.4 Å². The van der Waals surface area contributed by atoms with Crippen LogP contribution in [-0.2, 0) is 15.7 Å². The number of anilines is 3. The number of carbonyl (C=O) groups excluding carboxylic acids is 1. The van der Waals surface area contributed by atoms with Crippen LogP contribution in [0.2, 0.25) is 0 Å². The molecular formula is C33H36NO2S+. The highest BCUT2D eigenvalue weighted by molar-refractivity contribution is 7.97. The van der Waals surface area contributed by atoms with E-state index in [1.54, 1.807) is 0 Å². The molecule has 0 radical (unpaired) electrons. The Hall–Kier alpha value is -2.72. The van der Waals surface area contributed by atoms with E-state index in [0.29, 0.717) is 16.6 Å². The first kappa shape index (κ1) is 23.4. The standard InChI is InChI=1S/C33H36NO2S/c35-32(33-21-24-18-25(22-33)20-26(19-24)23-33)36-30-12-8-28(9-13-30)34(27-6-2-1-3-7-27)29-10-14-31(15-11-29)37-16-4-5-17-37/h1-3,6-15,24-26H,4-5,16-23H2/q+1. The Balaban J connectivity index is 1.12. The van der Waals surface area contributed by atoms with Crippen molar-refractivity contribution in [3.8, 4) is 5.75 Å². The van der Waals surface area contributed by atoms with Crippen LogP contribution in [0.15, 0.2) is 83.8 Å². The molecule has 4 bridgehead atoms. The van der Waals surface area contributed by atoms with Crippen LogP contribution in [0.4, 0.5) is 17.1 Å². The molecule has 0 amide bonds. The fourth-order valence-corrected chi connectivity index (χ4v) is 10.2. The van der Waals surface area contributed by atoms with E-state index in [0.717, 1.165) is 54.1 Å². The van der Waals surface area contributed by atoms with Crippen LogP contribution < -0.4 is 9.64 Å². The second-order valence-corrected chi connectivity index (χ2v) is 14.1. The molecule has 190 valence electrons. The third-order valence-corrected chi connectivity index (χ3v) is 11.8. The molecule has 1 aliphatic heterocycles. The smallest absolute Gasteiger partial charge is 0.317 e. The number of esters is 1. The van der Waals surface area contributed by atoms with E-state index in [2.05, 4.69) is 71.6 Å². The van der Waals surface area contributed by atoms with Gasteiger partial charge in [-0.2, -0.15) is 0 Å². The number of hydrogen-bond donors (Lipinski definition) is 0. The summed E-state index contributed by atoms with van der Waals surface area (Å²) in [6.45, 7) is 0. The minimum absolute atomic E-state index is 0.0163. The van der Waals surface area contributed by atoms with Crippen LogP contribution in [0.3, 0.4) is 0 Å². The zero-order valence-electron chi connectivity index (χ0n) is 21.5. The van der Waals surface area contributed by atoms with Crippen molar-refractivity contribution in [2.45, 2.75) is 56.3 Å². The Labute approximate surface area is 223 Å². The molecule has 4 heteroatoms. The van der Waals surface area contributed by atoms with Gasteiger partial charge in [-0.15, -0.1) is 0 Å². The molecule has 0 N–H and O–H groups in total. The molecule has 0 spiro atoms. The molecule has 37 heavy (non-hydrogen) atoms. The summed E-state index contributed by atoms with van der Waals surface area (Å²) in [5.41, 5.74) is 3.11. The molecule has 3 nitrogen and oxygen atoms in total. The minimum Gasteiger partial charge on any atom is -0.426 e. The first-order valence-electron chi connectivity index (χ1n) is 14.1. The maximum absolute atomic E-state index is 13.4. The van der Waals surface area contributed by atoms with Gasteiger partial charge in [-0.3, -0.25) is 4.79 Å². The summed E-state index contributed by atoms with van der Waals surface area (Å²) in [6, 6.07) is 27.8. The van der Waals surface area contributed by atoms with Gasteiger partial charge in [0, 0.05) is 28.0 Å². The molecule has 4 aliphatic carbocycles. The zero-order valence-corrected chi connectivity index (χ0v) is 22.3. The van der Waals surface area contributed by atoms with Gasteiger partial charge in [-0.25, -0.2) is 0 Å². The lowest BCUT2D eigenvalue weighted by atomic mass is 9.49. The second-order valence-electron chi connectivity index (χ2n) is 11.9. The largest absolute Gasteiger partial charge is 0.426 e. The van der Waals surface area contributed by atoms with Crippen LogP contribution in [0.25, 0.3) is 0 Å². The Morgan fingerprint density at radius 1 is 0.703 bits per heavy atom. The van der Waals surface area contributed by atoms with Gasteiger partial charge >= 0.3 is 5.97 Å². The Bertz CT molecular complexity index is 1210. The van der Waals surface area contributed by atoms with Crippen molar-refractivity contribution in [2.24, 2.45) is 23.2 Å². The van der Waals surface area contributed by atoms with Crippen molar-refractivity contribution in [3.05, 3.63) is 78.9 Å². The topological polar surface area (TPSA) is 29.5 Å². The van der Waals surface area contributed by atoms with Gasteiger partial charge in [-0.05, 0) is 130 Å². The predicted molar refractivity (Wildman–Crippen MR) is 152 cm³/mol. The molecule has 0 aromatic heterocycles. The average Bonchev–Trinajstić information content (AvgIpc) is 3.45. The van der Waals surface area contributed by atoms with E-state index in [9.17, 15) is 4.79 Å². The summed E-state index contributed by atoms with van der Waals surface area (Å²) in [4.78, 5) is 17.2. The maximum Gasteiger partial charge on any atom is 0.317 e. The monoisotopic (exact) mass is 510 g/mol. The molecule has 3 aromatic carbocycles. The van der Waals surface area contributed by atoms with E-state index in [1.165, 1.54) is 48.5 Å². The van der Waals surface area contributed by atoms with E-state index in [-0.39, 0.29) is 11.4 Å². The normalized spacial score (nSPS) is 28.4. The lowest BCUT2D eigenvalue weighted by Crippen LogP contribution is -2.51. The number of para-hydroxylation sites is 1. The van der Waals surface area contributed by atoms with Gasteiger partial charge in [0.05, 0.1) is 5.41 Å². The van der Waals surface area contributed by atoms with Gasteiger partial charge in [0.1, 0.15) is 17.3 Å². The van der Waals surface area contributed by atoms with Crippen LogP contribution in [0, 0.1) is 23.2 Å². The maximum atomic E-state index is 13.4. The van der Waals surface area contributed by atoms with Crippen LogP contribution in [-0.4, -0.2) is 17.5 Å². The second kappa shape index (κ2) is 9.54. The number of carbonyl (C=O) groups is 1. The SMILES string of the molecule is O=C(Oc1ccc(N(c2ccccc2)c2ccc([S+]3CCCC3)cc2)cc1)C12CC3CC(CC(C3)C1)C2. The van der Waals surface area contributed by atoms with Gasteiger partial charge in [0.25, 0.3) is 0 Å². The number of hydrogen-bond acceptors (Lipinski definition) is 3. The average molecular weight is 511 g/mol. The summed E-state index contributed by atoms with van der Waals surface area (Å²) >= 11 is 0. The van der Waals surface area contributed by atoms with Gasteiger partial charge < -0.3 is 9.64 Å². The number of ether oxygens (including phenoxy) is 1. The number of benzene rings is 3. The van der Waals surface area contributed by atoms with E-state index < -0.39 is 0 Å². The first-order valence-corrected chi connectivity index (χ1v) is 15.7. The van der Waals surface area contributed by atoms with E-state index in [1.807, 2.05) is 12.1 Å². The third kappa shape index (κ3) is 4.48. The number of rotatable bonds is 6. The quantitative estimate of drug-likeness (QED) is 0.191. The van der Waals surface area contributed by atoms with E-state index >= 15 is 0 Å². The van der Waals surface area contributed by atoms with Gasteiger partial charge in [0.15, 0.2) is 4.90 Å². The summed E-state index contributed by atoms with van der Waals surface area (Å²) in [7, 11) is 0.418. The van der Waals surface area contributed by atoms with Gasteiger partial charge in [0.2, 0.25) is 0 Å². The van der Waals surface area contributed by atoms with Crippen molar-refractivity contribution >= 4 is 33.9 Å². The van der Waals surface area contributed by atoms with Crippen molar-refractivity contribution in [3.63, 3.8) is 0 Å². The van der Waals surface area contributed by atoms with Crippen LogP contribution in [0.5, 0.6) is 5.75 Å². The molecule has 1 heterocycles. The van der Waals surface area contributed by atoms with Crippen molar-refractivity contribution < 1.29 is 9.53 Å². The molecular weight excluding hydrogens is 474 g/mol. The molecule has 1 saturated heterocycles. The summed E-state index contributed by atoms with van der Waals surface area (Å²) in [5.74, 6) is 5.57. The summed E-state index contributed by atoms with van der Waals surface area (Å²) < 4.78 is 6.06. The molecule has 0 unspecified atom stereocenters. The van der Waals surface area contributed by atoms with E-state index in [4.69, 9.17) is 4.74 Å². The number of nitrogens with zero attached hydrogens (tertiary/aromatic N) is 1. The lowest BCUT2D eigenvalue weighted by molar-refractivity contribution is -0.161.